The van der Waals surface area contributed by atoms with Crippen LogP contribution in [0.3, 0.4) is 0 Å². The predicted molar refractivity (Wildman–Crippen MR) is 59.1 cm³/mol. The summed E-state index contributed by atoms with van der Waals surface area (Å²) in [6.45, 7) is 5.26. The van der Waals surface area contributed by atoms with Gasteiger partial charge in [0.2, 0.25) is 0 Å². The van der Waals surface area contributed by atoms with Gasteiger partial charge in [-0.2, -0.15) is 0 Å². The fraction of sp³-hybridized carbons (Fsp3) is 0.909. The van der Waals surface area contributed by atoms with Gasteiger partial charge in [0.1, 0.15) is 0 Å². The summed E-state index contributed by atoms with van der Waals surface area (Å²) in [4.78, 5) is 11.1. The molecule has 1 fully saturated rings. The Morgan fingerprint density at radius 1 is 1.69 bits per heavy atom. The Kier molecular flexibility index (Phi) is 5.73. The van der Waals surface area contributed by atoms with Gasteiger partial charge in [-0.25, -0.2) is 0 Å². The van der Waals surface area contributed by atoms with Crippen LogP contribution in [0, 0.1) is 0 Å². The minimum atomic E-state index is -0.688. The fourth-order valence-corrected chi connectivity index (χ4v) is 1.77. The van der Waals surface area contributed by atoms with Gasteiger partial charge in [0.15, 0.2) is 0 Å². The van der Waals surface area contributed by atoms with Gasteiger partial charge in [-0.1, -0.05) is 0 Å². The largest absolute Gasteiger partial charge is 0.466 e. The number of aliphatic hydroxyl groups excluding tert-OH is 1. The molecule has 0 saturated carbocycles. The van der Waals surface area contributed by atoms with Gasteiger partial charge in [0.05, 0.1) is 25.2 Å². The number of aliphatic hydroxyl groups is 1. The van der Waals surface area contributed by atoms with Gasteiger partial charge in [0.25, 0.3) is 0 Å². The zero-order chi connectivity index (χ0) is 12.0. The molecule has 3 unspecified atom stereocenters. The topological polar surface area (TPSA) is 67.8 Å². The number of nitrogens with one attached hydrogen (secondary N) is 1. The molecular weight excluding hydrogens is 210 g/mol. The second kappa shape index (κ2) is 6.83. The van der Waals surface area contributed by atoms with Crippen LogP contribution >= 0.6 is 0 Å². The first-order chi connectivity index (χ1) is 7.63. The highest BCUT2D eigenvalue weighted by Crippen LogP contribution is 2.12. The first-order valence-electron chi connectivity index (χ1n) is 5.82. The van der Waals surface area contributed by atoms with E-state index in [1.54, 1.807) is 6.92 Å². The molecule has 0 bridgehead atoms. The van der Waals surface area contributed by atoms with Crippen molar-refractivity contribution in [2.75, 3.05) is 19.8 Å². The third-order valence-corrected chi connectivity index (χ3v) is 2.70. The summed E-state index contributed by atoms with van der Waals surface area (Å²) in [5, 5.41) is 12.8. The zero-order valence-corrected chi connectivity index (χ0v) is 9.94. The van der Waals surface area contributed by atoms with Crippen molar-refractivity contribution in [3.8, 4) is 0 Å². The number of esters is 1. The Balaban J connectivity index is 2.14. The number of carbonyl (C=O) groups is 1. The zero-order valence-electron chi connectivity index (χ0n) is 9.94. The lowest BCUT2D eigenvalue weighted by molar-refractivity contribution is -0.145. The molecular formula is C11H21NO4. The van der Waals surface area contributed by atoms with E-state index in [1.807, 2.05) is 6.92 Å². The lowest BCUT2D eigenvalue weighted by Crippen LogP contribution is -2.40. The van der Waals surface area contributed by atoms with Gasteiger partial charge in [-0.15, -0.1) is 0 Å². The molecule has 0 radical (unpaired) electrons. The smallest absolute Gasteiger partial charge is 0.308 e. The molecule has 1 rings (SSSR count). The van der Waals surface area contributed by atoms with Crippen molar-refractivity contribution in [2.45, 2.75) is 44.9 Å². The van der Waals surface area contributed by atoms with Crippen LogP contribution < -0.4 is 5.32 Å². The van der Waals surface area contributed by atoms with Crippen LogP contribution in [0.15, 0.2) is 0 Å². The Morgan fingerprint density at radius 2 is 2.44 bits per heavy atom. The van der Waals surface area contributed by atoms with E-state index in [0.717, 1.165) is 13.0 Å². The average molecular weight is 231 g/mol. The van der Waals surface area contributed by atoms with Crippen LogP contribution in [0.25, 0.3) is 0 Å². The molecule has 5 heteroatoms. The Morgan fingerprint density at radius 3 is 3.00 bits per heavy atom. The first kappa shape index (κ1) is 13.4. The van der Waals surface area contributed by atoms with Crippen molar-refractivity contribution >= 4 is 5.97 Å². The second-order valence-corrected chi connectivity index (χ2v) is 4.04. The van der Waals surface area contributed by atoms with E-state index in [9.17, 15) is 9.90 Å². The highest BCUT2D eigenvalue weighted by molar-refractivity contribution is 5.69. The molecule has 16 heavy (non-hydrogen) atoms. The lowest BCUT2D eigenvalue weighted by atomic mass is 10.1. The van der Waals surface area contributed by atoms with E-state index in [4.69, 9.17) is 9.47 Å². The summed E-state index contributed by atoms with van der Waals surface area (Å²) in [5.41, 5.74) is 0. The molecule has 0 amide bonds. The monoisotopic (exact) mass is 231 g/mol. The van der Waals surface area contributed by atoms with Crippen LogP contribution in [-0.4, -0.2) is 49.1 Å². The van der Waals surface area contributed by atoms with Crippen LogP contribution in [0.2, 0.25) is 0 Å². The molecule has 0 aromatic heterocycles. The third-order valence-electron chi connectivity index (χ3n) is 2.70. The number of hydrogen-bond acceptors (Lipinski definition) is 5. The van der Waals surface area contributed by atoms with E-state index in [2.05, 4.69) is 5.32 Å². The molecule has 94 valence electrons. The summed E-state index contributed by atoms with van der Waals surface area (Å²) in [6.07, 6.45) is 0.484. The van der Waals surface area contributed by atoms with E-state index >= 15 is 0 Å². The predicted octanol–water partition coefficient (Wildman–Crippen LogP) is 0.0675. The molecule has 1 aliphatic heterocycles. The van der Waals surface area contributed by atoms with Crippen molar-refractivity contribution in [2.24, 2.45) is 0 Å². The van der Waals surface area contributed by atoms with Crippen LogP contribution in [0.5, 0.6) is 0 Å². The Labute approximate surface area is 96.1 Å². The maximum Gasteiger partial charge on any atom is 0.308 e. The highest BCUT2D eigenvalue weighted by atomic mass is 16.5. The fourth-order valence-electron chi connectivity index (χ4n) is 1.77. The van der Waals surface area contributed by atoms with Crippen molar-refractivity contribution in [1.82, 2.24) is 5.32 Å². The van der Waals surface area contributed by atoms with Gasteiger partial charge in [-0.3, -0.25) is 4.79 Å². The van der Waals surface area contributed by atoms with Crippen molar-refractivity contribution in [3.05, 3.63) is 0 Å². The second-order valence-electron chi connectivity index (χ2n) is 4.04. The number of ether oxygens (including phenoxy) is 2. The molecule has 0 aliphatic carbocycles. The lowest BCUT2D eigenvalue weighted by Gasteiger charge is -2.18. The standard InChI is InChI=1S/C11H21NO4/c1-3-15-11(14)6-9(13)7-12-10-4-5-16-8(10)2/h8-10,12-13H,3-7H2,1-2H3. The van der Waals surface area contributed by atoms with Gasteiger partial charge < -0.3 is 19.9 Å². The van der Waals surface area contributed by atoms with E-state index < -0.39 is 6.10 Å². The van der Waals surface area contributed by atoms with Gasteiger partial charge in [-0.05, 0) is 20.3 Å². The quantitative estimate of drug-likeness (QED) is 0.633. The van der Waals surface area contributed by atoms with Crippen LogP contribution in [-0.2, 0) is 14.3 Å². The molecule has 2 N–H and O–H groups in total. The van der Waals surface area contributed by atoms with Gasteiger partial charge >= 0.3 is 5.97 Å². The number of carbonyl (C=O) groups excluding carboxylic acids is 1. The minimum absolute atomic E-state index is 0.0444. The van der Waals surface area contributed by atoms with E-state index in [0.29, 0.717) is 13.2 Å². The summed E-state index contributed by atoms with van der Waals surface area (Å²) < 4.78 is 10.1. The van der Waals surface area contributed by atoms with Crippen LogP contribution in [0.4, 0.5) is 0 Å². The molecule has 0 aromatic carbocycles. The molecule has 1 aliphatic rings. The molecule has 3 atom stereocenters. The SMILES string of the molecule is CCOC(=O)CC(O)CNC1CCOC1C. The number of rotatable bonds is 6. The van der Waals surface area contributed by atoms with Gasteiger partial charge in [0, 0.05) is 19.2 Å². The molecule has 0 spiro atoms. The molecule has 1 heterocycles. The van der Waals surface area contributed by atoms with Crippen molar-refractivity contribution in [3.63, 3.8) is 0 Å². The van der Waals surface area contributed by atoms with E-state index in [1.165, 1.54) is 0 Å². The van der Waals surface area contributed by atoms with Crippen molar-refractivity contribution < 1.29 is 19.4 Å². The summed E-state index contributed by atoms with van der Waals surface area (Å²) in [6, 6.07) is 0.275. The van der Waals surface area contributed by atoms with Crippen molar-refractivity contribution in [1.29, 1.82) is 0 Å². The summed E-state index contributed by atoms with van der Waals surface area (Å²) in [5.74, 6) is -0.354. The maximum absolute atomic E-state index is 11.1. The molecule has 0 aromatic rings. The van der Waals surface area contributed by atoms with Crippen LogP contribution in [0.1, 0.15) is 26.7 Å². The summed E-state index contributed by atoms with van der Waals surface area (Å²) in [7, 11) is 0. The van der Waals surface area contributed by atoms with E-state index in [-0.39, 0.29) is 24.5 Å². The first-order valence-corrected chi connectivity index (χ1v) is 5.82. The maximum atomic E-state index is 11.1. The minimum Gasteiger partial charge on any atom is -0.466 e. The Bertz CT molecular complexity index is 222. The third kappa shape index (κ3) is 4.47. The number of hydrogen-bond donors (Lipinski definition) is 2. The average Bonchev–Trinajstić information content (AvgIpc) is 2.61. The Hall–Kier alpha value is -0.650. The normalized spacial score (nSPS) is 26.7. The molecule has 1 saturated heterocycles. The summed E-state index contributed by atoms with van der Waals surface area (Å²) >= 11 is 0. The molecule has 5 nitrogen and oxygen atoms in total. The highest BCUT2D eigenvalue weighted by Gasteiger charge is 2.24.